The first-order chi connectivity index (χ1) is 7.68. The minimum absolute atomic E-state index is 0.191. The topological polar surface area (TPSA) is 90.1 Å². The fourth-order valence-corrected chi connectivity index (χ4v) is 1.71. The summed E-state index contributed by atoms with van der Waals surface area (Å²) >= 11 is 0. The Bertz CT molecular complexity index is 373. The maximum absolute atomic E-state index is 10.8. The molecule has 7 heteroatoms. The Morgan fingerprint density at radius 1 is 1.75 bits per heavy atom. The molecule has 2 unspecified atom stereocenters. The van der Waals surface area contributed by atoms with E-state index >= 15 is 0 Å². The maximum atomic E-state index is 10.8. The summed E-state index contributed by atoms with van der Waals surface area (Å²) < 4.78 is 6.83. The fraction of sp³-hybridized carbons (Fsp3) is 0.778. The second-order valence-corrected chi connectivity index (χ2v) is 4.02. The van der Waals surface area contributed by atoms with Crippen LogP contribution in [0.25, 0.3) is 0 Å². The van der Waals surface area contributed by atoms with Gasteiger partial charge in [-0.15, -0.1) is 5.10 Å². The Labute approximate surface area is 92.4 Å². The highest BCUT2D eigenvalue weighted by Gasteiger charge is 2.25. The SMILES string of the molecule is CC(Cn1nnnc1C1CCOC1)C(=O)O. The average Bonchev–Trinajstić information content (AvgIpc) is 2.85. The summed E-state index contributed by atoms with van der Waals surface area (Å²) in [5, 5.41) is 20.2. The summed E-state index contributed by atoms with van der Waals surface area (Å²) in [5.41, 5.74) is 0. The predicted molar refractivity (Wildman–Crippen MR) is 52.8 cm³/mol. The third-order valence-electron chi connectivity index (χ3n) is 2.72. The quantitative estimate of drug-likeness (QED) is 0.770. The van der Waals surface area contributed by atoms with Crippen LogP contribution in [-0.4, -0.2) is 44.5 Å². The first-order valence-electron chi connectivity index (χ1n) is 5.25. The van der Waals surface area contributed by atoms with E-state index in [1.165, 1.54) is 0 Å². The molecule has 1 aromatic rings. The van der Waals surface area contributed by atoms with Gasteiger partial charge in [0.05, 0.1) is 19.1 Å². The van der Waals surface area contributed by atoms with Crippen LogP contribution in [0.15, 0.2) is 0 Å². The highest BCUT2D eigenvalue weighted by molar-refractivity contribution is 5.69. The van der Waals surface area contributed by atoms with Crippen LogP contribution in [0.5, 0.6) is 0 Å². The van der Waals surface area contributed by atoms with Crippen LogP contribution >= 0.6 is 0 Å². The van der Waals surface area contributed by atoms with Crippen molar-refractivity contribution in [3.8, 4) is 0 Å². The molecule has 0 aliphatic carbocycles. The van der Waals surface area contributed by atoms with Gasteiger partial charge in [0.15, 0.2) is 5.82 Å². The lowest BCUT2D eigenvalue weighted by molar-refractivity contribution is -0.141. The maximum Gasteiger partial charge on any atom is 0.308 e. The number of hydrogen-bond acceptors (Lipinski definition) is 5. The number of carboxylic acids is 1. The molecule has 88 valence electrons. The lowest BCUT2D eigenvalue weighted by Gasteiger charge is -2.10. The molecule has 0 bridgehead atoms. The van der Waals surface area contributed by atoms with E-state index in [1.807, 2.05) is 0 Å². The summed E-state index contributed by atoms with van der Waals surface area (Å²) in [7, 11) is 0. The molecule has 2 atom stereocenters. The number of rotatable bonds is 4. The van der Waals surface area contributed by atoms with Crippen molar-refractivity contribution >= 4 is 5.97 Å². The first kappa shape index (κ1) is 11.0. The number of aromatic nitrogens is 4. The molecular formula is C9H14N4O3. The van der Waals surface area contributed by atoms with Crippen molar-refractivity contribution in [3.63, 3.8) is 0 Å². The summed E-state index contributed by atoms with van der Waals surface area (Å²) in [5.74, 6) is -0.421. The standard InChI is InChI=1S/C9H14N4O3/c1-6(9(14)15)4-13-8(10-11-12-13)7-2-3-16-5-7/h6-7H,2-5H2,1H3,(H,14,15). The number of carbonyl (C=O) groups is 1. The van der Waals surface area contributed by atoms with E-state index in [0.717, 1.165) is 12.2 Å². The Morgan fingerprint density at radius 3 is 3.19 bits per heavy atom. The van der Waals surface area contributed by atoms with Gasteiger partial charge in [0.1, 0.15) is 0 Å². The molecule has 1 saturated heterocycles. The Kier molecular flexibility index (Phi) is 3.14. The first-order valence-corrected chi connectivity index (χ1v) is 5.25. The van der Waals surface area contributed by atoms with Crippen LogP contribution in [0.1, 0.15) is 25.1 Å². The van der Waals surface area contributed by atoms with Crippen molar-refractivity contribution in [2.45, 2.75) is 25.8 Å². The van der Waals surface area contributed by atoms with Crippen molar-refractivity contribution in [1.29, 1.82) is 0 Å². The highest BCUT2D eigenvalue weighted by atomic mass is 16.5. The van der Waals surface area contributed by atoms with Crippen molar-refractivity contribution in [2.75, 3.05) is 13.2 Å². The molecule has 1 aliphatic rings. The van der Waals surface area contributed by atoms with Gasteiger partial charge in [0, 0.05) is 12.5 Å². The second kappa shape index (κ2) is 4.56. The predicted octanol–water partition coefficient (Wildman–Crippen LogP) is -0.102. The third-order valence-corrected chi connectivity index (χ3v) is 2.72. The highest BCUT2D eigenvalue weighted by Crippen LogP contribution is 2.22. The zero-order valence-electron chi connectivity index (χ0n) is 9.04. The van der Waals surface area contributed by atoms with Crippen molar-refractivity contribution in [3.05, 3.63) is 5.82 Å². The normalized spacial score (nSPS) is 22.2. The van der Waals surface area contributed by atoms with Gasteiger partial charge in [0.25, 0.3) is 0 Å². The number of carboxylic acid groups (broad SMARTS) is 1. The average molecular weight is 226 g/mol. The van der Waals surface area contributed by atoms with E-state index in [4.69, 9.17) is 9.84 Å². The number of nitrogens with zero attached hydrogens (tertiary/aromatic N) is 4. The van der Waals surface area contributed by atoms with Gasteiger partial charge in [-0.05, 0) is 16.8 Å². The molecule has 1 fully saturated rings. The third kappa shape index (κ3) is 2.19. The molecule has 2 rings (SSSR count). The van der Waals surface area contributed by atoms with E-state index in [-0.39, 0.29) is 5.92 Å². The summed E-state index contributed by atoms with van der Waals surface area (Å²) in [4.78, 5) is 10.8. The number of ether oxygens (including phenoxy) is 1. The molecule has 1 aliphatic heterocycles. The zero-order valence-corrected chi connectivity index (χ0v) is 9.04. The molecule has 16 heavy (non-hydrogen) atoms. The summed E-state index contributed by atoms with van der Waals surface area (Å²) in [6.07, 6.45) is 0.891. The monoisotopic (exact) mass is 226 g/mol. The van der Waals surface area contributed by atoms with Gasteiger partial charge in [-0.3, -0.25) is 4.79 Å². The van der Waals surface area contributed by atoms with Gasteiger partial charge in [-0.25, -0.2) is 4.68 Å². The molecule has 0 amide bonds. The van der Waals surface area contributed by atoms with Crippen molar-refractivity contribution in [2.24, 2.45) is 5.92 Å². The van der Waals surface area contributed by atoms with E-state index < -0.39 is 11.9 Å². The fourth-order valence-electron chi connectivity index (χ4n) is 1.71. The minimum Gasteiger partial charge on any atom is -0.481 e. The number of aliphatic carboxylic acids is 1. The van der Waals surface area contributed by atoms with Crippen molar-refractivity contribution in [1.82, 2.24) is 20.2 Å². The van der Waals surface area contributed by atoms with E-state index in [2.05, 4.69) is 15.5 Å². The minimum atomic E-state index is -0.843. The smallest absolute Gasteiger partial charge is 0.308 e. The Hall–Kier alpha value is -1.50. The van der Waals surface area contributed by atoms with Crippen LogP contribution in [0.2, 0.25) is 0 Å². The van der Waals surface area contributed by atoms with Crippen LogP contribution < -0.4 is 0 Å². The van der Waals surface area contributed by atoms with Gasteiger partial charge in [0.2, 0.25) is 0 Å². The van der Waals surface area contributed by atoms with Crippen LogP contribution in [0.3, 0.4) is 0 Å². The molecule has 0 radical (unpaired) electrons. The lowest BCUT2D eigenvalue weighted by atomic mass is 10.1. The lowest BCUT2D eigenvalue weighted by Crippen LogP contribution is -2.20. The Balaban J connectivity index is 2.09. The molecule has 0 saturated carbocycles. The zero-order chi connectivity index (χ0) is 11.5. The molecule has 2 heterocycles. The van der Waals surface area contributed by atoms with Gasteiger partial charge in [-0.1, -0.05) is 6.92 Å². The summed E-state index contributed by atoms with van der Waals surface area (Å²) in [6.45, 7) is 3.26. The Morgan fingerprint density at radius 2 is 2.56 bits per heavy atom. The number of hydrogen-bond donors (Lipinski definition) is 1. The van der Waals surface area contributed by atoms with Crippen LogP contribution in [-0.2, 0) is 16.1 Å². The van der Waals surface area contributed by atoms with Gasteiger partial charge in [-0.2, -0.15) is 0 Å². The largest absolute Gasteiger partial charge is 0.481 e. The molecule has 0 spiro atoms. The van der Waals surface area contributed by atoms with Crippen LogP contribution in [0, 0.1) is 5.92 Å². The molecule has 1 N–H and O–H groups in total. The van der Waals surface area contributed by atoms with E-state index in [0.29, 0.717) is 19.8 Å². The van der Waals surface area contributed by atoms with Gasteiger partial charge >= 0.3 is 5.97 Å². The van der Waals surface area contributed by atoms with Crippen LogP contribution in [0.4, 0.5) is 0 Å². The van der Waals surface area contributed by atoms with Gasteiger partial charge < -0.3 is 9.84 Å². The summed E-state index contributed by atoms with van der Waals surface area (Å²) in [6, 6.07) is 0. The molecule has 7 nitrogen and oxygen atoms in total. The van der Waals surface area contributed by atoms with Crippen molar-refractivity contribution < 1.29 is 14.6 Å². The second-order valence-electron chi connectivity index (χ2n) is 4.02. The molecule has 0 aromatic carbocycles. The van der Waals surface area contributed by atoms with E-state index in [9.17, 15) is 4.79 Å². The van der Waals surface area contributed by atoms with E-state index in [1.54, 1.807) is 11.6 Å². The number of tetrazole rings is 1. The molecule has 1 aromatic heterocycles. The molecular weight excluding hydrogens is 212 g/mol.